The van der Waals surface area contributed by atoms with Gasteiger partial charge in [-0.15, -0.1) is 0 Å². The predicted octanol–water partition coefficient (Wildman–Crippen LogP) is 1.10. The van der Waals surface area contributed by atoms with Crippen LogP contribution in [-0.4, -0.2) is 70.5 Å². The van der Waals surface area contributed by atoms with Gasteiger partial charge in [0.05, 0.1) is 25.2 Å². The minimum absolute atomic E-state index is 0.0436. The van der Waals surface area contributed by atoms with Crippen LogP contribution in [-0.2, 0) is 24.3 Å². The largest absolute Gasteiger partial charge is 0.497 e. The number of hydrogen-bond acceptors (Lipinski definition) is 7. The number of allylic oxidation sites excluding steroid dienone is 1. The van der Waals surface area contributed by atoms with Crippen LogP contribution in [0.4, 0.5) is 0 Å². The van der Waals surface area contributed by atoms with Gasteiger partial charge in [-0.05, 0) is 55.0 Å². The van der Waals surface area contributed by atoms with Gasteiger partial charge in [-0.25, -0.2) is 8.42 Å². The zero-order valence-electron chi connectivity index (χ0n) is 17.8. The molecular formula is C21H30N2O7S. The Labute approximate surface area is 183 Å². The predicted molar refractivity (Wildman–Crippen MR) is 113 cm³/mol. The summed E-state index contributed by atoms with van der Waals surface area (Å²) in [6, 6.07) is 6.07. The molecule has 0 bridgehead atoms. The van der Waals surface area contributed by atoms with Gasteiger partial charge in [0.1, 0.15) is 5.75 Å². The van der Waals surface area contributed by atoms with E-state index in [-0.39, 0.29) is 48.8 Å². The maximum Gasteiger partial charge on any atom is 0.285 e. The maximum atomic E-state index is 13.0. The molecule has 1 aliphatic carbocycles. The average Bonchev–Trinajstić information content (AvgIpc) is 3.63. The first-order valence-corrected chi connectivity index (χ1v) is 11.8. The third-order valence-corrected chi connectivity index (χ3v) is 7.37. The molecule has 2 atom stereocenters. The smallest absolute Gasteiger partial charge is 0.285 e. The van der Waals surface area contributed by atoms with Gasteiger partial charge in [-0.3, -0.25) is 4.79 Å². The number of hydrogen-bond donors (Lipinski definition) is 2. The molecule has 2 N–H and O–H groups in total. The molecule has 31 heavy (non-hydrogen) atoms. The fraction of sp³-hybridized carbons (Fsp3) is 0.571. The van der Waals surface area contributed by atoms with Gasteiger partial charge in [0.25, 0.3) is 5.91 Å². The third kappa shape index (κ3) is 5.97. The second kappa shape index (κ2) is 10.4. The topological polar surface area (TPSA) is 114 Å². The Kier molecular flexibility index (Phi) is 7.93. The van der Waals surface area contributed by atoms with Crippen molar-refractivity contribution in [3.63, 3.8) is 0 Å². The Morgan fingerprint density at radius 3 is 2.55 bits per heavy atom. The highest BCUT2D eigenvalue weighted by molar-refractivity contribution is 7.89. The zero-order valence-corrected chi connectivity index (χ0v) is 18.6. The maximum absolute atomic E-state index is 13.0. The van der Waals surface area contributed by atoms with Gasteiger partial charge in [0, 0.05) is 26.6 Å². The van der Waals surface area contributed by atoms with E-state index in [1.165, 1.54) is 23.5 Å². The number of nitrogens with zero attached hydrogens (tertiary/aromatic N) is 1. The summed E-state index contributed by atoms with van der Waals surface area (Å²) in [4.78, 5) is 12.1. The van der Waals surface area contributed by atoms with Gasteiger partial charge < -0.3 is 24.6 Å². The van der Waals surface area contributed by atoms with E-state index in [0.717, 1.165) is 12.8 Å². The standard InChI is InChI=1S/C21H30N2O7S/c1-22-21(25)19-13-16(15-3-4-15)14-20(30-19)29-12-10-23(9-11-24)31(26,27)18-7-5-17(28-2)6-8-18/h5-8,13,15-16,20,24H,3-4,9-12,14H2,1-2H3,(H,22,25)/t16-,20+/m1/s1. The van der Waals surface area contributed by atoms with Crippen molar-refractivity contribution < 1.29 is 32.5 Å². The number of rotatable bonds is 11. The number of aliphatic hydroxyl groups excluding tert-OH is 1. The normalized spacial score (nSPS) is 21.4. The summed E-state index contributed by atoms with van der Waals surface area (Å²) < 4.78 is 43.7. The van der Waals surface area contributed by atoms with Crippen LogP contribution in [0.1, 0.15) is 19.3 Å². The van der Waals surface area contributed by atoms with Crippen molar-refractivity contribution in [2.24, 2.45) is 11.8 Å². The van der Waals surface area contributed by atoms with Crippen molar-refractivity contribution >= 4 is 15.9 Å². The summed E-state index contributed by atoms with van der Waals surface area (Å²) >= 11 is 0. The molecule has 1 heterocycles. The van der Waals surface area contributed by atoms with E-state index < -0.39 is 16.3 Å². The van der Waals surface area contributed by atoms with E-state index in [9.17, 15) is 18.3 Å². The molecule has 1 fully saturated rings. The molecule has 9 nitrogen and oxygen atoms in total. The van der Waals surface area contributed by atoms with Crippen LogP contribution in [0.5, 0.6) is 5.75 Å². The van der Waals surface area contributed by atoms with Crippen molar-refractivity contribution in [1.82, 2.24) is 9.62 Å². The summed E-state index contributed by atoms with van der Waals surface area (Å²) in [5.74, 6) is 1.24. The molecule has 0 saturated heterocycles. The lowest BCUT2D eigenvalue weighted by molar-refractivity contribution is -0.149. The first-order chi connectivity index (χ1) is 14.9. The van der Waals surface area contributed by atoms with Gasteiger partial charge in [0.2, 0.25) is 16.3 Å². The average molecular weight is 455 g/mol. The number of benzene rings is 1. The van der Waals surface area contributed by atoms with Crippen molar-refractivity contribution in [1.29, 1.82) is 0 Å². The van der Waals surface area contributed by atoms with Crippen LogP contribution in [0.15, 0.2) is 41.0 Å². The Hall–Kier alpha value is -2.14. The number of sulfonamides is 1. The number of ether oxygens (including phenoxy) is 3. The fourth-order valence-corrected chi connectivity index (χ4v) is 4.98. The number of likely N-dealkylation sites (N-methyl/N-ethyl adjacent to an activating group) is 1. The number of carbonyl (C=O) groups is 1. The lowest BCUT2D eigenvalue weighted by atomic mass is 9.96. The quantitative estimate of drug-likeness (QED) is 0.515. The van der Waals surface area contributed by atoms with Crippen LogP contribution < -0.4 is 10.1 Å². The Balaban J connectivity index is 1.62. The Morgan fingerprint density at radius 1 is 1.26 bits per heavy atom. The van der Waals surface area contributed by atoms with E-state index >= 15 is 0 Å². The molecule has 1 amide bonds. The Morgan fingerprint density at radius 2 is 1.97 bits per heavy atom. The molecule has 172 valence electrons. The van der Waals surface area contributed by atoms with Crippen molar-refractivity contribution in [3.05, 3.63) is 36.1 Å². The molecule has 2 aliphatic rings. The lowest BCUT2D eigenvalue weighted by Crippen LogP contribution is -2.38. The van der Waals surface area contributed by atoms with Crippen LogP contribution in [0.3, 0.4) is 0 Å². The van der Waals surface area contributed by atoms with Gasteiger partial charge in [0.15, 0.2) is 5.76 Å². The van der Waals surface area contributed by atoms with Gasteiger partial charge in [-0.2, -0.15) is 4.31 Å². The van der Waals surface area contributed by atoms with Crippen LogP contribution in [0, 0.1) is 11.8 Å². The molecule has 0 unspecified atom stereocenters. The van der Waals surface area contributed by atoms with E-state index in [1.54, 1.807) is 19.2 Å². The highest BCUT2D eigenvalue weighted by Gasteiger charge is 2.37. The van der Waals surface area contributed by atoms with E-state index in [1.807, 2.05) is 6.08 Å². The van der Waals surface area contributed by atoms with Crippen molar-refractivity contribution in [3.8, 4) is 5.75 Å². The van der Waals surface area contributed by atoms with Crippen LogP contribution >= 0.6 is 0 Å². The van der Waals surface area contributed by atoms with E-state index in [0.29, 0.717) is 18.1 Å². The SMILES string of the molecule is CNC(=O)C1=C[C@@H](C2CC2)C[C@@H](OCCN(CCO)S(=O)(=O)c2ccc(OC)cc2)O1. The molecule has 0 radical (unpaired) electrons. The number of amides is 1. The summed E-state index contributed by atoms with van der Waals surface area (Å²) in [7, 11) is -0.766. The highest BCUT2D eigenvalue weighted by atomic mass is 32.2. The molecule has 1 aromatic carbocycles. The fourth-order valence-electron chi connectivity index (χ4n) is 3.57. The molecule has 3 rings (SSSR count). The number of nitrogens with one attached hydrogen (secondary N) is 1. The second-order valence-corrected chi connectivity index (χ2v) is 9.51. The summed E-state index contributed by atoms with van der Waals surface area (Å²) in [5, 5.41) is 11.9. The molecule has 1 aromatic rings. The summed E-state index contributed by atoms with van der Waals surface area (Å²) in [6.45, 7) is -0.264. The molecule has 0 spiro atoms. The monoisotopic (exact) mass is 454 g/mol. The number of carbonyl (C=O) groups excluding carboxylic acids is 1. The van der Waals surface area contributed by atoms with Crippen LogP contribution in [0.25, 0.3) is 0 Å². The Bertz CT molecular complexity index is 881. The molecule has 1 saturated carbocycles. The van der Waals surface area contributed by atoms with Gasteiger partial charge >= 0.3 is 0 Å². The van der Waals surface area contributed by atoms with Crippen LogP contribution in [0.2, 0.25) is 0 Å². The zero-order chi connectivity index (χ0) is 22.4. The first kappa shape index (κ1) is 23.5. The lowest BCUT2D eigenvalue weighted by Gasteiger charge is -2.29. The molecular weight excluding hydrogens is 424 g/mol. The summed E-state index contributed by atoms with van der Waals surface area (Å²) in [5.41, 5.74) is 0. The molecule has 0 aromatic heterocycles. The van der Waals surface area contributed by atoms with Crippen molar-refractivity contribution in [2.75, 3.05) is 40.5 Å². The van der Waals surface area contributed by atoms with Crippen molar-refractivity contribution in [2.45, 2.75) is 30.4 Å². The first-order valence-electron chi connectivity index (χ1n) is 10.4. The third-order valence-electron chi connectivity index (χ3n) is 5.46. The van der Waals surface area contributed by atoms with Gasteiger partial charge in [-0.1, -0.05) is 0 Å². The van der Waals surface area contributed by atoms with E-state index in [4.69, 9.17) is 14.2 Å². The minimum atomic E-state index is -3.81. The molecule has 1 aliphatic heterocycles. The second-order valence-electron chi connectivity index (χ2n) is 7.57. The molecule has 10 heteroatoms. The minimum Gasteiger partial charge on any atom is -0.497 e. The number of methoxy groups -OCH3 is 1. The number of aliphatic hydroxyl groups is 1. The van der Waals surface area contributed by atoms with E-state index in [2.05, 4.69) is 5.32 Å². The highest BCUT2D eigenvalue weighted by Crippen LogP contribution is 2.42. The summed E-state index contributed by atoms with van der Waals surface area (Å²) in [6.07, 6.45) is 4.11.